The quantitative estimate of drug-likeness (QED) is 0.904. The highest BCUT2D eigenvalue weighted by molar-refractivity contribution is 5.94. The lowest BCUT2D eigenvalue weighted by Crippen LogP contribution is -2.47. The van der Waals surface area contributed by atoms with Gasteiger partial charge in [0.1, 0.15) is 11.3 Å². The van der Waals surface area contributed by atoms with Crippen molar-refractivity contribution in [2.45, 2.75) is 37.8 Å². The maximum Gasteiger partial charge on any atom is 0.261 e. The van der Waals surface area contributed by atoms with Crippen molar-refractivity contribution in [3.8, 4) is 11.5 Å². The number of piperidine rings is 1. The van der Waals surface area contributed by atoms with Crippen molar-refractivity contribution in [1.82, 2.24) is 15.2 Å². The van der Waals surface area contributed by atoms with Crippen molar-refractivity contribution < 1.29 is 9.21 Å². The summed E-state index contributed by atoms with van der Waals surface area (Å²) >= 11 is 0. The van der Waals surface area contributed by atoms with Crippen LogP contribution >= 0.6 is 0 Å². The molecule has 2 saturated heterocycles. The Morgan fingerprint density at radius 1 is 1.21 bits per heavy atom. The Morgan fingerprint density at radius 3 is 2.92 bits per heavy atom. The van der Waals surface area contributed by atoms with Crippen molar-refractivity contribution in [3.05, 3.63) is 46.4 Å². The highest BCUT2D eigenvalue weighted by Gasteiger charge is 2.36. The topological polar surface area (TPSA) is 78.3 Å². The molecule has 0 radical (unpaired) electrons. The molecule has 4 heterocycles. The lowest BCUT2D eigenvalue weighted by molar-refractivity contribution is 0.0914. The molecule has 126 valence electrons. The summed E-state index contributed by atoms with van der Waals surface area (Å²) in [6.07, 6.45) is 6.08. The van der Waals surface area contributed by atoms with E-state index in [1.807, 2.05) is 0 Å². The van der Waals surface area contributed by atoms with Gasteiger partial charge in [0.15, 0.2) is 0 Å². The molecule has 2 aromatic heterocycles. The molecule has 2 fully saturated rings. The van der Waals surface area contributed by atoms with Gasteiger partial charge >= 0.3 is 0 Å². The first-order chi connectivity index (χ1) is 11.7. The third-order valence-electron chi connectivity index (χ3n) is 5.11. The first-order valence-electron chi connectivity index (χ1n) is 8.54. The lowest BCUT2D eigenvalue weighted by atomic mass is 9.99. The van der Waals surface area contributed by atoms with Gasteiger partial charge in [-0.3, -0.25) is 14.5 Å². The van der Waals surface area contributed by atoms with Crippen molar-refractivity contribution in [2.75, 3.05) is 13.1 Å². The van der Waals surface area contributed by atoms with Crippen LogP contribution in [0.3, 0.4) is 0 Å². The van der Waals surface area contributed by atoms with Crippen LogP contribution in [0.1, 0.15) is 36.0 Å². The molecule has 24 heavy (non-hydrogen) atoms. The second-order valence-corrected chi connectivity index (χ2v) is 6.56. The van der Waals surface area contributed by atoms with Crippen LogP contribution in [0, 0.1) is 0 Å². The summed E-state index contributed by atoms with van der Waals surface area (Å²) < 4.78 is 5.27. The van der Waals surface area contributed by atoms with E-state index in [2.05, 4.69) is 15.2 Å². The van der Waals surface area contributed by atoms with Gasteiger partial charge in [0, 0.05) is 18.6 Å². The molecule has 1 amide bonds. The molecule has 2 atom stereocenters. The van der Waals surface area contributed by atoms with Crippen molar-refractivity contribution in [1.29, 1.82) is 0 Å². The number of hydrogen-bond donors (Lipinski definition) is 2. The highest BCUT2D eigenvalue weighted by atomic mass is 16.3. The Hall–Kier alpha value is -2.34. The van der Waals surface area contributed by atoms with Gasteiger partial charge in [-0.25, -0.2) is 0 Å². The smallest absolute Gasteiger partial charge is 0.261 e. The first kappa shape index (κ1) is 15.2. The number of fused-ring (bicyclic) bond motifs is 1. The van der Waals surface area contributed by atoms with Crippen molar-refractivity contribution in [2.24, 2.45) is 0 Å². The summed E-state index contributed by atoms with van der Waals surface area (Å²) in [4.78, 5) is 30.0. The van der Waals surface area contributed by atoms with E-state index in [0.717, 1.165) is 25.9 Å². The van der Waals surface area contributed by atoms with Crippen LogP contribution < -0.4 is 10.9 Å². The van der Waals surface area contributed by atoms with Gasteiger partial charge in [-0.2, -0.15) is 0 Å². The maximum atomic E-state index is 12.5. The number of H-pyrrole nitrogens is 1. The molecule has 0 aromatic carbocycles. The van der Waals surface area contributed by atoms with Gasteiger partial charge in [-0.1, -0.05) is 6.42 Å². The summed E-state index contributed by atoms with van der Waals surface area (Å²) in [6, 6.07) is 7.35. The molecule has 4 rings (SSSR count). The number of rotatable bonds is 3. The molecular weight excluding hydrogens is 306 g/mol. The van der Waals surface area contributed by atoms with Crippen LogP contribution in [0.5, 0.6) is 0 Å². The van der Waals surface area contributed by atoms with E-state index in [1.54, 1.807) is 30.5 Å². The number of hydrogen-bond acceptors (Lipinski definition) is 4. The van der Waals surface area contributed by atoms with E-state index >= 15 is 0 Å². The maximum absolute atomic E-state index is 12.5. The zero-order valence-corrected chi connectivity index (χ0v) is 13.5. The number of amides is 1. The van der Waals surface area contributed by atoms with Crippen LogP contribution in [0.25, 0.3) is 11.5 Å². The van der Waals surface area contributed by atoms with Crippen LogP contribution in [-0.4, -0.2) is 41.0 Å². The number of nitrogens with one attached hydrogen (secondary N) is 2. The van der Waals surface area contributed by atoms with Gasteiger partial charge in [0.2, 0.25) is 0 Å². The number of carbonyl (C=O) groups excluding carboxylic acids is 1. The average molecular weight is 327 g/mol. The summed E-state index contributed by atoms with van der Waals surface area (Å²) in [6.45, 7) is 2.15. The fraction of sp³-hybridized carbons (Fsp3) is 0.444. The lowest BCUT2D eigenvalue weighted by Gasteiger charge is -2.32. The second-order valence-electron chi connectivity index (χ2n) is 6.56. The molecule has 6 heteroatoms. The van der Waals surface area contributed by atoms with E-state index in [4.69, 9.17) is 4.42 Å². The number of nitrogens with zero attached hydrogens (tertiary/aromatic N) is 1. The number of furan rings is 1. The average Bonchev–Trinajstić information content (AvgIpc) is 3.25. The van der Waals surface area contributed by atoms with Gasteiger partial charge in [-0.15, -0.1) is 0 Å². The Kier molecular flexibility index (Phi) is 3.98. The number of carbonyl (C=O) groups is 1. The monoisotopic (exact) mass is 327 g/mol. The SMILES string of the molecule is O=C(N[C@H]1CCN2CCCC[C@H]12)c1ccc(-c2ccco2)[nH]c1=O. The fourth-order valence-electron chi connectivity index (χ4n) is 3.89. The minimum absolute atomic E-state index is 0.141. The third kappa shape index (κ3) is 2.78. The zero-order valence-electron chi connectivity index (χ0n) is 13.5. The molecule has 0 saturated carbocycles. The molecule has 0 unspecified atom stereocenters. The van der Waals surface area contributed by atoms with Crippen LogP contribution in [-0.2, 0) is 0 Å². The number of aromatic amines is 1. The molecule has 0 bridgehead atoms. The van der Waals surface area contributed by atoms with Gasteiger partial charge in [-0.05, 0) is 50.1 Å². The highest BCUT2D eigenvalue weighted by Crippen LogP contribution is 2.27. The van der Waals surface area contributed by atoms with E-state index in [1.165, 1.54) is 12.8 Å². The third-order valence-corrected chi connectivity index (χ3v) is 5.11. The predicted molar refractivity (Wildman–Crippen MR) is 89.8 cm³/mol. The van der Waals surface area contributed by atoms with Crippen molar-refractivity contribution >= 4 is 5.91 Å². The van der Waals surface area contributed by atoms with Gasteiger partial charge < -0.3 is 14.7 Å². The largest absolute Gasteiger partial charge is 0.463 e. The number of aromatic nitrogens is 1. The molecule has 0 spiro atoms. The molecule has 2 aliphatic rings. The Balaban J connectivity index is 1.49. The minimum Gasteiger partial charge on any atom is -0.463 e. The van der Waals surface area contributed by atoms with E-state index in [0.29, 0.717) is 17.5 Å². The van der Waals surface area contributed by atoms with E-state index < -0.39 is 0 Å². The number of pyridine rings is 1. The van der Waals surface area contributed by atoms with E-state index in [9.17, 15) is 9.59 Å². The van der Waals surface area contributed by atoms with Gasteiger partial charge in [0.25, 0.3) is 11.5 Å². The Labute approximate surface area is 139 Å². The van der Waals surface area contributed by atoms with Crippen LogP contribution in [0.2, 0.25) is 0 Å². The summed E-state index contributed by atoms with van der Waals surface area (Å²) in [5, 5.41) is 3.07. The summed E-state index contributed by atoms with van der Waals surface area (Å²) in [5.41, 5.74) is 0.334. The fourth-order valence-corrected chi connectivity index (χ4v) is 3.89. The summed E-state index contributed by atoms with van der Waals surface area (Å²) in [5.74, 6) is 0.285. The predicted octanol–water partition coefficient (Wildman–Crippen LogP) is 1.99. The normalized spacial score (nSPS) is 23.8. The first-order valence-corrected chi connectivity index (χ1v) is 8.54. The van der Waals surface area contributed by atoms with E-state index in [-0.39, 0.29) is 23.1 Å². The molecule has 2 aromatic rings. The molecule has 2 aliphatic heterocycles. The van der Waals surface area contributed by atoms with Crippen LogP contribution in [0.4, 0.5) is 0 Å². The van der Waals surface area contributed by atoms with Gasteiger partial charge in [0.05, 0.1) is 12.0 Å². The molecule has 6 nitrogen and oxygen atoms in total. The molecule has 2 N–H and O–H groups in total. The van der Waals surface area contributed by atoms with Crippen LogP contribution in [0.15, 0.2) is 39.7 Å². The zero-order chi connectivity index (χ0) is 16.5. The minimum atomic E-state index is -0.389. The van der Waals surface area contributed by atoms with Crippen molar-refractivity contribution in [3.63, 3.8) is 0 Å². The molecule has 0 aliphatic carbocycles. The molecular formula is C18H21N3O3. The summed E-state index contributed by atoms with van der Waals surface area (Å²) in [7, 11) is 0. The Morgan fingerprint density at radius 2 is 2.12 bits per heavy atom. The standard InChI is InChI=1S/C18H21N3O3/c22-17(19-13-8-10-21-9-2-1-4-15(13)21)12-6-7-14(20-18(12)23)16-5-3-11-24-16/h3,5-7,11,13,15H,1-2,4,8-10H2,(H,19,22)(H,20,23)/t13-,15+/m0/s1. The Bertz CT molecular complexity index is 781. The second kappa shape index (κ2) is 6.28.